The van der Waals surface area contributed by atoms with Gasteiger partial charge in [0, 0.05) is 10.4 Å². The van der Waals surface area contributed by atoms with Gasteiger partial charge in [0.25, 0.3) is 5.56 Å². The molecule has 3 aromatic rings. The fraction of sp³-hybridized carbons (Fsp3) is 0.235. The second-order valence-corrected chi connectivity index (χ2v) is 6.55. The summed E-state index contributed by atoms with van der Waals surface area (Å²) in [7, 11) is 0. The van der Waals surface area contributed by atoms with Crippen LogP contribution in [0.25, 0.3) is 21.3 Å². The highest BCUT2D eigenvalue weighted by molar-refractivity contribution is 7.19. The van der Waals surface area contributed by atoms with Gasteiger partial charge in [0.2, 0.25) is 0 Å². The number of aromatic nitrogens is 2. The number of hydrogen-bond donors (Lipinski definition) is 0. The first-order valence-electron chi connectivity index (χ1n) is 6.96. The normalized spacial score (nSPS) is 10.8. The Bertz CT molecular complexity index is 976. The molecule has 1 aromatic carbocycles. The van der Waals surface area contributed by atoms with Gasteiger partial charge in [0.15, 0.2) is 0 Å². The molecule has 0 aliphatic carbocycles. The first-order chi connectivity index (χ1) is 10.5. The van der Waals surface area contributed by atoms with Crippen LogP contribution in [0.1, 0.15) is 16.0 Å². The van der Waals surface area contributed by atoms with E-state index in [2.05, 4.69) is 31.0 Å². The summed E-state index contributed by atoms with van der Waals surface area (Å²) in [4.78, 5) is 18.8. The number of aryl methyl sites for hydroxylation is 3. The van der Waals surface area contributed by atoms with Crippen molar-refractivity contribution in [3.8, 4) is 17.2 Å². The summed E-state index contributed by atoms with van der Waals surface area (Å²) in [5.41, 5.74) is 4.23. The van der Waals surface area contributed by atoms with E-state index >= 15 is 0 Å². The molecule has 0 unspecified atom stereocenters. The molecule has 110 valence electrons. The Morgan fingerprint density at radius 1 is 1.27 bits per heavy atom. The van der Waals surface area contributed by atoms with Crippen LogP contribution in [0, 0.1) is 32.1 Å². The minimum Gasteiger partial charge on any atom is -0.285 e. The zero-order chi connectivity index (χ0) is 15.9. The molecule has 0 saturated heterocycles. The zero-order valence-corrected chi connectivity index (χ0v) is 13.5. The second-order valence-electron chi connectivity index (χ2n) is 5.35. The van der Waals surface area contributed by atoms with E-state index in [-0.39, 0.29) is 12.1 Å². The van der Waals surface area contributed by atoms with Crippen LogP contribution in [0.4, 0.5) is 0 Å². The van der Waals surface area contributed by atoms with Gasteiger partial charge in [-0.1, -0.05) is 18.2 Å². The first-order valence-corrected chi connectivity index (χ1v) is 7.77. The van der Waals surface area contributed by atoms with Crippen LogP contribution < -0.4 is 5.56 Å². The van der Waals surface area contributed by atoms with Crippen LogP contribution in [0.15, 0.2) is 29.3 Å². The van der Waals surface area contributed by atoms with E-state index in [1.54, 1.807) is 0 Å². The zero-order valence-electron chi connectivity index (χ0n) is 12.7. The van der Waals surface area contributed by atoms with Crippen molar-refractivity contribution in [2.75, 3.05) is 0 Å². The van der Waals surface area contributed by atoms with Crippen molar-refractivity contribution in [1.29, 1.82) is 5.26 Å². The lowest BCUT2D eigenvalue weighted by Crippen LogP contribution is -2.19. The van der Waals surface area contributed by atoms with E-state index in [9.17, 15) is 4.79 Å². The lowest BCUT2D eigenvalue weighted by molar-refractivity contribution is 0.777. The summed E-state index contributed by atoms with van der Waals surface area (Å²) >= 11 is 1.52. The van der Waals surface area contributed by atoms with Gasteiger partial charge < -0.3 is 0 Å². The lowest BCUT2D eigenvalue weighted by Gasteiger charge is -2.06. The van der Waals surface area contributed by atoms with E-state index in [4.69, 9.17) is 5.26 Å². The van der Waals surface area contributed by atoms with Crippen molar-refractivity contribution in [1.82, 2.24) is 9.55 Å². The summed E-state index contributed by atoms with van der Waals surface area (Å²) in [6, 6.07) is 8.21. The molecule has 0 fully saturated rings. The molecular formula is C17H15N3OS. The molecule has 0 spiro atoms. The third-order valence-corrected chi connectivity index (χ3v) is 4.90. The Hall–Kier alpha value is -2.45. The number of rotatable bonds is 2. The maximum absolute atomic E-state index is 12.7. The van der Waals surface area contributed by atoms with E-state index < -0.39 is 0 Å². The molecule has 0 amide bonds. The lowest BCUT2D eigenvalue weighted by atomic mass is 9.99. The third-order valence-electron chi connectivity index (χ3n) is 3.89. The number of fused-ring (bicyclic) bond motifs is 1. The number of nitriles is 1. The minimum absolute atomic E-state index is 0.0169. The van der Waals surface area contributed by atoms with Gasteiger partial charge >= 0.3 is 0 Å². The molecule has 4 nitrogen and oxygen atoms in total. The van der Waals surface area contributed by atoms with E-state index in [1.807, 2.05) is 19.1 Å². The Morgan fingerprint density at radius 2 is 2.05 bits per heavy atom. The van der Waals surface area contributed by atoms with Gasteiger partial charge in [-0.25, -0.2) is 4.98 Å². The molecule has 0 atom stereocenters. The maximum atomic E-state index is 12.7. The number of hydrogen-bond acceptors (Lipinski definition) is 4. The fourth-order valence-electron chi connectivity index (χ4n) is 2.57. The summed E-state index contributed by atoms with van der Waals surface area (Å²) in [5, 5.41) is 9.45. The van der Waals surface area contributed by atoms with Gasteiger partial charge in [-0.2, -0.15) is 5.26 Å². The number of thiophene rings is 1. The van der Waals surface area contributed by atoms with Crippen molar-refractivity contribution in [3.63, 3.8) is 0 Å². The molecule has 5 heteroatoms. The first kappa shape index (κ1) is 14.5. The molecule has 22 heavy (non-hydrogen) atoms. The van der Waals surface area contributed by atoms with Crippen molar-refractivity contribution in [2.45, 2.75) is 27.3 Å². The van der Waals surface area contributed by atoms with Crippen molar-refractivity contribution < 1.29 is 0 Å². The van der Waals surface area contributed by atoms with Gasteiger partial charge in [-0.05, 0) is 37.5 Å². The molecular weight excluding hydrogens is 294 g/mol. The van der Waals surface area contributed by atoms with Gasteiger partial charge in [-0.15, -0.1) is 11.3 Å². The van der Waals surface area contributed by atoms with Crippen molar-refractivity contribution in [3.05, 3.63) is 50.9 Å². The average Bonchev–Trinajstić information content (AvgIpc) is 2.82. The fourth-order valence-corrected chi connectivity index (χ4v) is 3.57. The highest BCUT2D eigenvalue weighted by atomic mass is 32.1. The summed E-state index contributed by atoms with van der Waals surface area (Å²) in [6.45, 7) is 6.15. The Morgan fingerprint density at radius 3 is 2.73 bits per heavy atom. The highest BCUT2D eigenvalue weighted by Crippen LogP contribution is 2.36. The Balaban J connectivity index is 2.35. The molecule has 3 rings (SSSR count). The van der Waals surface area contributed by atoms with Crippen LogP contribution >= 0.6 is 11.3 Å². The van der Waals surface area contributed by atoms with Gasteiger partial charge in [-0.3, -0.25) is 9.36 Å². The Labute approximate surface area is 132 Å². The molecule has 0 aliphatic heterocycles. The summed E-state index contributed by atoms with van der Waals surface area (Å²) < 4.78 is 1.36. The SMILES string of the molecule is Cc1ccc(-c2c(C)sc3ncn(CC#N)c(=O)c23)cc1C. The van der Waals surface area contributed by atoms with Crippen LogP contribution in [-0.2, 0) is 6.54 Å². The van der Waals surface area contributed by atoms with Crippen LogP contribution in [0.2, 0.25) is 0 Å². The van der Waals surface area contributed by atoms with Crippen LogP contribution in [0.5, 0.6) is 0 Å². The molecule has 0 aliphatic rings. The Kier molecular flexibility index (Phi) is 3.55. The average molecular weight is 309 g/mol. The monoisotopic (exact) mass is 309 g/mol. The standard InChI is InChI=1S/C17H15N3OS/c1-10-4-5-13(8-11(10)2)14-12(3)22-16-15(14)17(21)20(7-6-18)9-19-16/h4-5,8-9H,7H2,1-3H3. The number of nitrogens with zero attached hydrogens (tertiary/aromatic N) is 3. The molecule has 0 radical (unpaired) electrons. The number of benzene rings is 1. The molecule has 0 N–H and O–H groups in total. The van der Waals surface area contributed by atoms with Crippen LogP contribution in [-0.4, -0.2) is 9.55 Å². The summed E-state index contributed by atoms with van der Waals surface area (Å²) in [6.07, 6.45) is 1.45. The highest BCUT2D eigenvalue weighted by Gasteiger charge is 2.17. The molecule has 0 saturated carbocycles. The quantitative estimate of drug-likeness (QED) is 0.727. The van der Waals surface area contributed by atoms with Gasteiger partial charge in [0.1, 0.15) is 17.7 Å². The van der Waals surface area contributed by atoms with E-state index in [0.29, 0.717) is 5.39 Å². The third kappa shape index (κ3) is 2.22. The van der Waals surface area contributed by atoms with Gasteiger partial charge in [0.05, 0.1) is 11.5 Å². The second kappa shape index (κ2) is 5.39. The van der Waals surface area contributed by atoms with Crippen molar-refractivity contribution >= 4 is 21.6 Å². The summed E-state index contributed by atoms with van der Waals surface area (Å²) in [5.74, 6) is 0. The predicted octanol–water partition coefficient (Wildman–Crippen LogP) is 3.57. The van der Waals surface area contributed by atoms with E-state index in [0.717, 1.165) is 20.8 Å². The minimum atomic E-state index is -0.149. The molecule has 2 aromatic heterocycles. The smallest absolute Gasteiger partial charge is 0.263 e. The van der Waals surface area contributed by atoms with Crippen molar-refractivity contribution in [2.24, 2.45) is 0 Å². The predicted molar refractivity (Wildman–Crippen MR) is 89.1 cm³/mol. The molecule has 2 heterocycles. The van der Waals surface area contributed by atoms with Crippen LogP contribution in [0.3, 0.4) is 0 Å². The topological polar surface area (TPSA) is 58.7 Å². The largest absolute Gasteiger partial charge is 0.285 e. The maximum Gasteiger partial charge on any atom is 0.263 e. The van der Waals surface area contributed by atoms with E-state index in [1.165, 1.54) is 33.4 Å². The molecule has 0 bridgehead atoms.